The Kier molecular flexibility index (Phi) is 4.09. The second-order valence-corrected chi connectivity index (χ2v) is 8.30. The number of hydrogen-bond acceptors (Lipinski definition) is 7. The number of nitrogens with one attached hydrogen (secondary N) is 2. The second kappa shape index (κ2) is 6.66. The zero-order chi connectivity index (χ0) is 20.0. The van der Waals surface area contributed by atoms with E-state index in [1.807, 2.05) is 30.6 Å². The van der Waals surface area contributed by atoms with Gasteiger partial charge in [0, 0.05) is 48.9 Å². The maximum absolute atomic E-state index is 7.44. The van der Waals surface area contributed by atoms with Crippen LogP contribution in [0, 0.1) is 10.8 Å². The van der Waals surface area contributed by atoms with E-state index in [1.165, 1.54) is 38.3 Å². The third kappa shape index (κ3) is 3.15. The smallest absolute Gasteiger partial charge is 0.227 e. The Morgan fingerprint density at radius 1 is 1.31 bits per heavy atom. The van der Waals surface area contributed by atoms with E-state index in [4.69, 9.17) is 11.1 Å². The summed E-state index contributed by atoms with van der Waals surface area (Å²) in [5.41, 5.74) is 9.37. The minimum atomic E-state index is 0.494. The van der Waals surface area contributed by atoms with Crippen LogP contribution in [0.3, 0.4) is 0 Å². The topological polar surface area (TPSA) is 109 Å². The maximum Gasteiger partial charge on any atom is 0.227 e. The summed E-state index contributed by atoms with van der Waals surface area (Å²) >= 11 is 0. The third-order valence-electron chi connectivity index (χ3n) is 6.03. The number of allylic oxidation sites excluding steroid dienone is 1. The standard InChI is InChI=1S/C21H24N8/c1-28-12-21(13-28)5-18(6-21)29-11-17(10-25-29)26-20-24-9-15-4-14(16(7-22)8-23)2-3-19(15)27-20/h2-4,7-11,18,22H,5-6,12-13,23H2,1H3,(H,24,26,27)/b16-8+,22-7?. The van der Waals surface area contributed by atoms with Crippen molar-refractivity contribution in [2.75, 3.05) is 25.5 Å². The lowest BCUT2D eigenvalue weighted by molar-refractivity contribution is -0.0786. The Morgan fingerprint density at radius 2 is 2.14 bits per heavy atom. The number of nitrogens with zero attached hydrogens (tertiary/aromatic N) is 5. The minimum absolute atomic E-state index is 0.494. The molecule has 4 N–H and O–H groups in total. The summed E-state index contributed by atoms with van der Waals surface area (Å²) in [5.74, 6) is 0.539. The first-order chi connectivity index (χ1) is 14.1. The van der Waals surface area contributed by atoms with Gasteiger partial charge in [0.05, 0.1) is 23.4 Å². The highest BCUT2D eigenvalue weighted by molar-refractivity contribution is 6.09. The van der Waals surface area contributed by atoms with E-state index in [0.717, 1.165) is 22.2 Å². The van der Waals surface area contributed by atoms with Gasteiger partial charge in [0.1, 0.15) is 0 Å². The molecule has 5 rings (SSSR count). The summed E-state index contributed by atoms with van der Waals surface area (Å²) in [6.07, 6.45) is 10.7. The Morgan fingerprint density at radius 3 is 2.86 bits per heavy atom. The molecule has 2 aromatic heterocycles. The summed E-state index contributed by atoms with van der Waals surface area (Å²) in [6, 6.07) is 6.25. The molecule has 1 saturated heterocycles. The SMILES string of the molecule is CN1CC2(CC(n3cc(Nc4ncc5cc(/C(C=N)=C/N)ccc5n4)cn3)C2)C1. The van der Waals surface area contributed by atoms with Gasteiger partial charge in [-0.3, -0.25) is 4.68 Å². The van der Waals surface area contributed by atoms with Crippen LogP contribution in [0.2, 0.25) is 0 Å². The van der Waals surface area contributed by atoms with Crippen molar-refractivity contribution >= 4 is 34.3 Å². The van der Waals surface area contributed by atoms with Gasteiger partial charge >= 0.3 is 0 Å². The van der Waals surface area contributed by atoms with E-state index in [0.29, 0.717) is 23.0 Å². The molecule has 0 amide bonds. The molecule has 8 heteroatoms. The van der Waals surface area contributed by atoms with Gasteiger partial charge in [-0.15, -0.1) is 0 Å². The molecule has 1 aliphatic heterocycles. The molecule has 3 aromatic rings. The van der Waals surface area contributed by atoms with Gasteiger partial charge in [0.25, 0.3) is 0 Å². The first-order valence-electron chi connectivity index (χ1n) is 9.77. The molecule has 1 spiro atoms. The van der Waals surface area contributed by atoms with E-state index < -0.39 is 0 Å². The number of rotatable bonds is 5. The van der Waals surface area contributed by atoms with Crippen molar-refractivity contribution in [2.24, 2.45) is 11.1 Å². The molecule has 3 heterocycles. The van der Waals surface area contributed by atoms with Crippen LogP contribution in [0.4, 0.5) is 11.6 Å². The van der Waals surface area contributed by atoms with E-state index in [9.17, 15) is 0 Å². The number of anilines is 2. The van der Waals surface area contributed by atoms with Crippen molar-refractivity contribution in [2.45, 2.75) is 18.9 Å². The highest BCUT2D eigenvalue weighted by Gasteiger charge is 2.51. The molecule has 2 aliphatic rings. The Bertz CT molecular complexity index is 1100. The van der Waals surface area contributed by atoms with Gasteiger partial charge in [-0.2, -0.15) is 5.10 Å². The van der Waals surface area contributed by atoms with Gasteiger partial charge in [-0.25, -0.2) is 9.97 Å². The van der Waals surface area contributed by atoms with Gasteiger partial charge in [-0.05, 0) is 43.0 Å². The largest absolute Gasteiger partial charge is 0.404 e. The summed E-state index contributed by atoms with van der Waals surface area (Å²) in [4.78, 5) is 11.4. The normalized spacial score (nSPS) is 19.1. The lowest BCUT2D eigenvalue weighted by Gasteiger charge is -2.58. The molecule has 0 radical (unpaired) electrons. The predicted octanol–water partition coefficient (Wildman–Crippen LogP) is 2.79. The number of aromatic nitrogens is 4. The number of hydrogen-bond donors (Lipinski definition) is 3. The van der Waals surface area contributed by atoms with Crippen LogP contribution < -0.4 is 11.1 Å². The fourth-order valence-electron chi connectivity index (χ4n) is 4.72. The van der Waals surface area contributed by atoms with Crippen LogP contribution in [0.25, 0.3) is 16.5 Å². The number of benzene rings is 1. The monoisotopic (exact) mass is 388 g/mol. The van der Waals surface area contributed by atoms with Gasteiger partial charge in [0.15, 0.2) is 0 Å². The quantitative estimate of drug-likeness (QED) is 0.580. The summed E-state index contributed by atoms with van der Waals surface area (Å²) in [5, 5.41) is 16.1. The van der Waals surface area contributed by atoms with Crippen molar-refractivity contribution in [1.29, 1.82) is 5.41 Å². The van der Waals surface area contributed by atoms with Crippen LogP contribution in [0.1, 0.15) is 24.4 Å². The number of nitrogens with two attached hydrogens (primary N) is 1. The van der Waals surface area contributed by atoms with E-state index >= 15 is 0 Å². The highest BCUT2D eigenvalue weighted by Crippen LogP contribution is 2.53. The predicted molar refractivity (Wildman–Crippen MR) is 114 cm³/mol. The summed E-state index contributed by atoms with van der Waals surface area (Å²) in [7, 11) is 2.18. The molecular formula is C21H24N8. The highest BCUT2D eigenvalue weighted by atomic mass is 15.3. The van der Waals surface area contributed by atoms with Crippen molar-refractivity contribution in [3.05, 3.63) is 48.6 Å². The number of fused-ring (bicyclic) bond motifs is 1. The molecule has 1 aromatic carbocycles. The first kappa shape index (κ1) is 17.8. The van der Waals surface area contributed by atoms with Crippen molar-refractivity contribution < 1.29 is 0 Å². The Hall–Kier alpha value is -3.26. The average molecular weight is 388 g/mol. The lowest BCUT2D eigenvalue weighted by atomic mass is 9.61. The Balaban J connectivity index is 1.29. The molecule has 0 unspecified atom stereocenters. The average Bonchev–Trinajstić information content (AvgIpc) is 3.12. The van der Waals surface area contributed by atoms with E-state index in [1.54, 1.807) is 6.20 Å². The molecule has 29 heavy (non-hydrogen) atoms. The Labute approximate surface area is 168 Å². The van der Waals surface area contributed by atoms with Gasteiger partial charge < -0.3 is 21.4 Å². The van der Waals surface area contributed by atoms with Crippen LogP contribution in [0.5, 0.6) is 0 Å². The maximum atomic E-state index is 7.44. The first-order valence-corrected chi connectivity index (χ1v) is 9.77. The van der Waals surface area contributed by atoms with Crippen molar-refractivity contribution in [3.8, 4) is 0 Å². The number of likely N-dealkylation sites (tertiary alicyclic amines) is 1. The fraction of sp³-hybridized carbons (Fsp3) is 0.333. The molecule has 0 bridgehead atoms. The zero-order valence-electron chi connectivity index (χ0n) is 16.3. The van der Waals surface area contributed by atoms with Crippen LogP contribution in [0.15, 0.2) is 43.0 Å². The molecule has 1 saturated carbocycles. The molecule has 148 valence electrons. The third-order valence-corrected chi connectivity index (χ3v) is 6.03. The molecule has 1 aliphatic carbocycles. The second-order valence-electron chi connectivity index (χ2n) is 8.30. The van der Waals surface area contributed by atoms with Crippen LogP contribution in [-0.4, -0.2) is 51.0 Å². The van der Waals surface area contributed by atoms with Crippen LogP contribution in [-0.2, 0) is 0 Å². The summed E-state index contributed by atoms with van der Waals surface area (Å²) < 4.78 is 2.07. The fourth-order valence-corrected chi connectivity index (χ4v) is 4.72. The van der Waals surface area contributed by atoms with Crippen LogP contribution >= 0.6 is 0 Å². The van der Waals surface area contributed by atoms with Crippen molar-refractivity contribution in [1.82, 2.24) is 24.6 Å². The zero-order valence-corrected chi connectivity index (χ0v) is 16.3. The summed E-state index contributed by atoms with van der Waals surface area (Å²) in [6.45, 7) is 2.43. The van der Waals surface area contributed by atoms with E-state index in [2.05, 4.69) is 37.0 Å². The molecule has 0 atom stereocenters. The molecule has 8 nitrogen and oxygen atoms in total. The minimum Gasteiger partial charge on any atom is -0.404 e. The van der Waals surface area contributed by atoms with Crippen molar-refractivity contribution in [3.63, 3.8) is 0 Å². The van der Waals surface area contributed by atoms with Gasteiger partial charge in [-0.1, -0.05) is 6.07 Å². The van der Waals surface area contributed by atoms with Gasteiger partial charge in [0.2, 0.25) is 5.95 Å². The molecular weight excluding hydrogens is 364 g/mol. The lowest BCUT2D eigenvalue weighted by Crippen LogP contribution is -2.60. The van der Waals surface area contributed by atoms with E-state index in [-0.39, 0.29) is 0 Å². The molecule has 2 fully saturated rings.